The lowest BCUT2D eigenvalue weighted by molar-refractivity contribution is -0.141. The molecule has 7 heteroatoms. The number of aryl methyl sites for hydroxylation is 2. The molecule has 1 amide bonds. The topological polar surface area (TPSA) is 73.2 Å². The summed E-state index contributed by atoms with van der Waals surface area (Å²) in [6.45, 7) is 2.34. The van der Waals surface area contributed by atoms with Gasteiger partial charge in [0.05, 0.1) is 18.1 Å². The molecule has 0 atom stereocenters. The largest absolute Gasteiger partial charge is 0.468 e. The maximum Gasteiger partial charge on any atom is 0.325 e. The number of halogens is 1. The summed E-state index contributed by atoms with van der Waals surface area (Å²) in [5, 5.41) is 2.52. The molecule has 2 rings (SSSR count). The summed E-state index contributed by atoms with van der Waals surface area (Å²) < 4.78 is 6.45. The minimum Gasteiger partial charge on any atom is -0.468 e. The lowest BCUT2D eigenvalue weighted by Crippen LogP contribution is -2.30. The molecule has 21 heavy (non-hydrogen) atoms. The Labute approximate surface area is 128 Å². The number of fused-ring (bicyclic) bond motifs is 1. The summed E-state index contributed by atoms with van der Waals surface area (Å²) >= 11 is 0. The highest BCUT2D eigenvalue weighted by Crippen LogP contribution is 2.15. The van der Waals surface area contributed by atoms with E-state index in [0.717, 1.165) is 16.9 Å². The fourth-order valence-corrected chi connectivity index (χ4v) is 2.02. The molecule has 0 spiro atoms. The van der Waals surface area contributed by atoms with Gasteiger partial charge in [0.25, 0.3) is 0 Å². The van der Waals surface area contributed by atoms with Crippen molar-refractivity contribution in [3.63, 3.8) is 0 Å². The highest BCUT2D eigenvalue weighted by atomic mass is 35.5. The molecule has 0 saturated heterocycles. The number of nitrogens with one attached hydrogen (secondary N) is 1. The van der Waals surface area contributed by atoms with Gasteiger partial charge in [-0.3, -0.25) is 9.59 Å². The van der Waals surface area contributed by atoms with Crippen molar-refractivity contribution < 1.29 is 14.3 Å². The number of ether oxygens (including phenoxy) is 1. The van der Waals surface area contributed by atoms with Gasteiger partial charge in [0.2, 0.25) is 5.91 Å². The first kappa shape index (κ1) is 17.0. The lowest BCUT2D eigenvalue weighted by atomic mass is 10.3. The van der Waals surface area contributed by atoms with Gasteiger partial charge in [-0.25, -0.2) is 4.98 Å². The summed E-state index contributed by atoms with van der Waals surface area (Å²) in [6.07, 6.45) is 0.290. The minimum atomic E-state index is -0.456. The third-order valence-electron chi connectivity index (χ3n) is 3.07. The molecular weight excluding hydrogens is 294 g/mol. The molecule has 1 aromatic heterocycles. The predicted molar refractivity (Wildman–Crippen MR) is 81.4 cm³/mol. The zero-order chi connectivity index (χ0) is 14.5. The SMILES string of the molecule is COC(=O)CNC(=O)CCn1c(C)nc2ccccc21.Cl. The zero-order valence-corrected chi connectivity index (χ0v) is 12.8. The Bertz CT molecular complexity index is 639. The number of hydrogen-bond acceptors (Lipinski definition) is 4. The van der Waals surface area contributed by atoms with Gasteiger partial charge in [-0.1, -0.05) is 12.1 Å². The van der Waals surface area contributed by atoms with E-state index in [-0.39, 0.29) is 31.3 Å². The van der Waals surface area contributed by atoms with E-state index in [9.17, 15) is 9.59 Å². The highest BCUT2D eigenvalue weighted by molar-refractivity contribution is 5.85. The molecule has 1 heterocycles. The van der Waals surface area contributed by atoms with Crippen LogP contribution in [-0.4, -0.2) is 35.1 Å². The van der Waals surface area contributed by atoms with Crippen LogP contribution in [0, 0.1) is 6.92 Å². The van der Waals surface area contributed by atoms with Gasteiger partial charge in [-0.2, -0.15) is 0 Å². The van der Waals surface area contributed by atoms with Gasteiger partial charge in [0, 0.05) is 13.0 Å². The molecule has 1 N–H and O–H groups in total. The number of hydrogen-bond donors (Lipinski definition) is 1. The van der Waals surface area contributed by atoms with Crippen molar-refractivity contribution in [1.82, 2.24) is 14.9 Å². The maximum atomic E-state index is 11.7. The molecule has 0 fully saturated rings. The molecule has 0 aliphatic rings. The molecule has 6 nitrogen and oxygen atoms in total. The summed E-state index contributed by atoms with van der Waals surface area (Å²) in [4.78, 5) is 27.0. The van der Waals surface area contributed by atoms with Crippen molar-refractivity contribution in [2.75, 3.05) is 13.7 Å². The van der Waals surface area contributed by atoms with Crippen LogP contribution in [-0.2, 0) is 20.9 Å². The Hall–Kier alpha value is -2.08. The Morgan fingerprint density at radius 2 is 2.05 bits per heavy atom. The molecule has 0 bridgehead atoms. The smallest absolute Gasteiger partial charge is 0.325 e. The van der Waals surface area contributed by atoms with Crippen LogP contribution in [0.15, 0.2) is 24.3 Å². The molecular formula is C14H18ClN3O3. The van der Waals surface area contributed by atoms with Crippen LogP contribution >= 0.6 is 12.4 Å². The Balaban J connectivity index is 0.00000220. The number of esters is 1. The Morgan fingerprint density at radius 3 is 2.76 bits per heavy atom. The highest BCUT2D eigenvalue weighted by Gasteiger charge is 2.09. The van der Waals surface area contributed by atoms with Crippen LogP contribution in [0.4, 0.5) is 0 Å². The summed E-state index contributed by atoms with van der Waals surface area (Å²) in [6, 6.07) is 7.79. The molecule has 0 radical (unpaired) electrons. The Kier molecular flexibility index (Phi) is 6.17. The summed E-state index contributed by atoms with van der Waals surface area (Å²) in [5.74, 6) is 0.224. The minimum absolute atomic E-state index is 0. The quantitative estimate of drug-likeness (QED) is 0.848. The number of amides is 1. The van der Waals surface area contributed by atoms with E-state index in [1.165, 1.54) is 7.11 Å². The number of para-hydroxylation sites is 2. The molecule has 0 saturated carbocycles. The van der Waals surface area contributed by atoms with Gasteiger partial charge < -0.3 is 14.6 Å². The number of rotatable bonds is 5. The second kappa shape index (κ2) is 7.64. The fourth-order valence-electron chi connectivity index (χ4n) is 2.02. The first-order chi connectivity index (χ1) is 9.61. The molecule has 0 unspecified atom stereocenters. The number of carbonyl (C=O) groups excluding carboxylic acids is 2. The first-order valence-corrected chi connectivity index (χ1v) is 6.37. The first-order valence-electron chi connectivity index (χ1n) is 6.37. The molecule has 0 aliphatic heterocycles. The average Bonchev–Trinajstić information content (AvgIpc) is 2.78. The predicted octanol–water partition coefficient (Wildman–Crippen LogP) is 1.45. The second-order valence-corrected chi connectivity index (χ2v) is 4.40. The normalized spacial score (nSPS) is 10.0. The average molecular weight is 312 g/mol. The van der Waals surface area contributed by atoms with Gasteiger partial charge in [-0.15, -0.1) is 12.4 Å². The van der Waals surface area contributed by atoms with Crippen molar-refractivity contribution in [3.8, 4) is 0 Å². The fraction of sp³-hybridized carbons (Fsp3) is 0.357. The van der Waals surface area contributed by atoms with Crippen molar-refractivity contribution >= 4 is 35.3 Å². The van der Waals surface area contributed by atoms with Crippen LogP contribution in [0.1, 0.15) is 12.2 Å². The molecule has 1 aromatic carbocycles. The van der Waals surface area contributed by atoms with E-state index < -0.39 is 5.97 Å². The third kappa shape index (κ3) is 4.19. The van der Waals surface area contributed by atoms with Crippen LogP contribution in [0.3, 0.4) is 0 Å². The van der Waals surface area contributed by atoms with Crippen molar-refractivity contribution in [2.45, 2.75) is 19.9 Å². The van der Waals surface area contributed by atoms with Gasteiger partial charge in [0.1, 0.15) is 12.4 Å². The standard InChI is InChI=1S/C14H17N3O3.ClH/c1-10-16-11-5-3-4-6-12(11)17(10)8-7-13(18)15-9-14(19)20-2;/h3-6H,7-9H2,1-2H3,(H,15,18);1H. The summed E-state index contributed by atoms with van der Waals surface area (Å²) in [5.41, 5.74) is 1.92. The number of aromatic nitrogens is 2. The Morgan fingerprint density at radius 1 is 1.33 bits per heavy atom. The number of benzene rings is 1. The van der Waals surface area contributed by atoms with Gasteiger partial charge in [0.15, 0.2) is 0 Å². The van der Waals surface area contributed by atoms with E-state index in [1.54, 1.807) is 0 Å². The van der Waals surface area contributed by atoms with Gasteiger partial charge in [-0.05, 0) is 19.1 Å². The number of imidazole rings is 1. The van der Waals surface area contributed by atoms with Crippen LogP contribution in [0.5, 0.6) is 0 Å². The molecule has 0 aliphatic carbocycles. The van der Waals surface area contributed by atoms with E-state index in [4.69, 9.17) is 0 Å². The van der Waals surface area contributed by atoms with Crippen LogP contribution in [0.2, 0.25) is 0 Å². The summed E-state index contributed by atoms with van der Waals surface area (Å²) in [7, 11) is 1.29. The van der Waals surface area contributed by atoms with Crippen LogP contribution < -0.4 is 5.32 Å². The number of nitrogens with zero attached hydrogens (tertiary/aromatic N) is 2. The monoisotopic (exact) mass is 311 g/mol. The van der Waals surface area contributed by atoms with E-state index in [0.29, 0.717) is 6.54 Å². The van der Waals surface area contributed by atoms with Crippen molar-refractivity contribution in [2.24, 2.45) is 0 Å². The maximum absolute atomic E-state index is 11.7. The second-order valence-electron chi connectivity index (χ2n) is 4.40. The molecule has 2 aromatic rings. The lowest BCUT2D eigenvalue weighted by Gasteiger charge is -2.07. The zero-order valence-electron chi connectivity index (χ0n) is 12.0. The van der Waals surface area contributed by atoms with E-state index >= 15 is 0 Å². The van der Waals surface area contributed by atoms with E-state index in [1.807, 2.05) is 35.8 Å². The van der Waals surface area contributed by atoms with Crippen LogP contribution in [0.25, 0.3) is 11.0 Å². The molecule has 114 valence electrons. The van der Waals surface area contributed by atoms with Crippen molar-refractivity contribution in [1.29, 1.82) is 0 Å². The van der Waals surface area contributed by atoms with Gasteiger partial charge >= 0.3 is 5.97 Å². The number of carbonyl (C=O) groups is 2. The number of methoxy groups -OCH3 is 1. The third-order valence-corrected chi connectivity index (χ3v) is 3.07. The van der Waals surface area contributed by atoms with E-state index in [2.05, 4.69) is 15.0 Å². The van der Waals surface area contributed by atoms with Crippen molar-refractivity contribution in [3.05, 3.63) is 30.1 Å².